The Morgan fingerprint density at radius 2 is 1.79 bits per heavy atom. The largest absolute Gasteiger partial charge is 0.507 e. The first-order valence-electron chi connectivity index (χ1n) is 3.61. The highest BCUT2D eigenvalue weighted by Crippen LogP contribution is 2.24. The van der Waals surface area contributed by atoms with E-state index in [2.05, 4.69) is 11.3 Å². The molecule has 8 heteroatoms. The van der Waals surface area contributed by atoms with Crippen LogP contribution in [0.15, 0.2) is 12.1 Å². The molecule has 1 unspecified atom stereocenters. The van der Waals surface area contributed by atoms with Crippen molar-refractivity contribution in [3.05, 3.63) is 12.1 Å². The average molecular weight is 221 g/mol. The van der Waals surface area contributed by atoms with Crippen molar-refractivity contribution in [1.82, 2.24) is 0 Å². The number of halogens is 6. The predicted molar refractivity (Wildman–Crippen MR) is 39.7 cm³/mol. The zero-order chi connectivity index (χ0) is 11.6. The highest BCUT2D eigenvalue weighted by molar-refractivity contribution is 6.66. The fourth-order valence-electron chi connectivity index (χ4n) is 0.421. The number of hydrogen-bond acceptors (Lipinski definition) is 1. The minimum atomic E-state index is -5.33. The summed E-state index contributed by atoms with van der Waals surface area (Å²) in [6, 6.07) is 0. The number of alkyl halides is 3. The third kappa shape index (κ3) is 4.54. The Morgan fingerprint density at radius 1 is 1.36 bits per heavy atom. The lowest BCUT2D eigenvalue weighted by Crippen LogP contribution is -2.31. The SMILES string of the molecule is C=C(COC(C)C(F)(F)F)[B-](F)(F)F. The van der Waals surface area contributed by atoms with Crippen molar-refractivity contribution in [2.45, 2.75) is 19.2 Å². The summed E-state index contributed by atoms with van der Waals surface area (Å²) in [5, 5.41) is 0. The van der Waals surface area contributed by atoms with E-state index in [-0.39, 0.29) is 0 Å². The van der Waals surface area contributed by atoms with Crippen molar-refractivity contribution in [2.75, 3.05) is 6.61 Å². The Labute approximate surface area is 76.8 Å². The van der Waals surface area contributed by atoms with Gasteiger partial charge in [-0.25, -0.2) is 0 Å². The third-order valence-electron chi connectivity index (χ3n) is 1.44. The second-order valence-corrected chi connectivity index (χ2v) is 2.73. The molecule has 84 valence electrons. The molecule has 0 aromatic heterocycles. The van der Waals surface area contributed by atoms with Crippen molar-refractivity contribution < 1.29 is 30.9 Å². The van der Waals surface area contributed by atoms with Gasteiger partial charge in [0.25, 0.3) is 0 Å². The van der Waals surface area contributed by atoms with Crippen LogP contribution in [0.1, 0.15) is 6.92 Å². The molecule has 14 heavy (non-hydrogen) atoms. The van der Waals surface area contributed by atoms with Gasteiger partial charge >= 0.3 is 13.2 Å². The van der Waals surface area contributed by atoms with E-state index in [0.29, 0.717) is 6.92 Å². The summed E-state index contributed by atoms with van der Waals surface area (Å²) in [4.78, 5) is 0. The molecule has 0 N–H and O–H groups in total. The third-order valence-corrected chi connectivity index (χ3v) is 1.44. The second-order valence-electron chi connectivity index (χ2n) is 2.73. The standard InChI is InChI=1S/C6H8BF6O/c1-4(7(11,12)13)3-14-5(2)6(8,9)10/h5H,1,3H2,2H3/q-1. The monoisotopic (exact) mass is 221 g/mol. The maximum absolute atomic E-state index is 11.8. The average Bonchev–Trinajstić information content (AvgIpc) is 1.95. The summed E-state index contributed by atoms with van der Waals surface area (Å²) in [6.07, 6.45) is -6.88. The van der Waals surface area contributed by atoms with Crippen LogP contribution in [0.5, 0.6) is 0 Å². The maximum atomic E-state index is 11.8. The van der Waals surface area contributed by atoms with Crippen LogP contribution >= 0.6 is 0 Å². The van der Waals surface area contributed by atoms with Crippen LogP contribution < -0.4 is 0 Å². The van der Waals surface area contributed by atoms with Crippen LogP contribution in [0.4, 0.5) is 26.1 Å². The van der Waals surface area contributed by atoms with Gasteiger partial charge in [0.2, 0.25) is 0 Å². The lowest BCUT2D eigenvalue weighted by Gasteiger charge is -2.21. The van der Waals surface area contributed by atoms with E-state index in [1.54, 1.807) is 0 Å². The molecule has 1 nitrogen and oxygen atoms in total. The fourth-order valence-corrected chi connectivity index (χ4v) is 0.421. The molecule has 0 aromatic carbocycles. The molecule has 0 amide bonds. The van der Waals surface area contributed by atoms with Gasteiger partial charge in [0, 0.05) is 6.61 Å². The summed E-state index contributed by atoms with van der Waals surface area (Å²) in [5.41, 5.74) is -1.28. The van der Waals surface area contributed by atoms with Gasteiger partial charge in [-0.15, -0.1) is 12.1 Å². The van der Waals surface area contributed by atoms with Gasteiger partial charge in [0.15, 0.2) is 6.10 Å². The Hall–Kier alpha value is -0.655. The number of rotatable bonds is 4. The van der Waals surface area contributed by atoms with Gasteiger partial charge in [-0.3, -0.25) is 0 Å². The van der Waals surface area contributed by atoms with E-state index < -0.39 is 31.3 Å². The summed E-state index contributed by atoms with van der Waals surface area (Å²) in [5.74, 6) is 0. The van der Waals surface area contributed by atoms with Gasteiger partial charge in [0.05, 0.1) is 0 Å². The zero-order valence-electron chi connectivity index (χ0n) is 7.24. The number of hydrogen-bond donors (Lipinski definition) is 0. The van der Waals surface area contributed by atoms with Crippen LogP contribution in [0.2, 0.25) is 0 Å². The molecule has 0 saturated heterocycles. The van der Waals surface area contributed by atoms with E-state index in [1.165, 1.54) is 0 Å². The molecule has 0 radical (unpaired) electrons. The smallest absolute Gasteiger partial charge is 0.445 e. The zero-order valence-corrected chi connectivity index (χ0v) is 7.24. The van der Waals surface area contributed by atoms with Crippen molar-refractivity contribution in [3.63, 3.8) is 0 Å². The van der Waals surface area contributed by atoms with Crippen LogP contribution in [-0.4, -0.2) is 25.9 Å². The molecular weight excluding hydrogens is 213 g/mol. The van der Waals surface area contributed by atoms with Gasteiger partial charge in [0.1, 0.15) is 0 Å². The lowest BCUT2D eigenvalue weighted by molar-refractivity contribution is -0.211. The van der Waals surface area contributed by atoms with Gasteiger partial charge in [-0.1, -0.05) is 0 Å². The summed E-state index contributed by atoms with van der Waals surface area (Å²) < 4.78 is 74.7. The van der Waals surface area contributed by atoms with Crippen LogP contribution in [0.25, 0.3) is 0 Å². The first-order valence-corrected chi connectivity index (χ1v) is 3.61. The van der Waals surface area contributed by atoms with Crippen LogP contribution in [0, 0.1) is 0 Å². The molecule has 0 aliphatic rings. The lowest BCUT2D eigenvalue weighted by atomic mass is 9.81. The molecule has 1 atom stereocenters. The Bertz CT molecular complexity index is 207. The van der Waals surface area contributed by atoms with E-state index in [9.17, 15) is 26.1 Å². The van der Waals surface area contributed by atoms with E-state index >= 15 is 0 Å². The normalized spacial score (nSPS) is 15.4. The first-order chi connectivity index (χ1) is 6.05. The minimum Gasteiger partial charge on any atom is -0.445 e. The van der Waals surface area contributed by atoms with Crippen LogP contribution in [0.3, 0.4) is 0 Å². The molecule has 0 saturated carbocycles. The molecule has 0 fully saturated rings. The Morgan fingerprint density at radius 3 is 2.07 bits per heavy atom. The topological polar surface area (TPSA) is 9.23 Å². The van der Waals surface area contributed by atoms with Gasteiger partial charge in [-0.2, -0.15) is 13.2 Å². The molecule has 0 aromatic rings. The Balaban J connectivity index is 4.03. The molecule has 0 rings (SSSR count). The van der Waals surface area contributed by atoms with E-state index in [4.69, 9.17) is 0 Å². The van der Waals surface area contributed by atoms with Crippen molar-refractivity contribution >= 4 is 6.98 Å². The van der Waals surface area contributed by atoms with E-state index in [0.717, 1.165) is 0 Å². The minimum absolute atomic E-state index is 0.636. The molecule has 0 bridgehead atoms. The van der Waals surface area contributed by atoms with E-state index in [1.807, 2.05) is 0 Å². The summed E-state index contributed by atoms with van der Waals surface area (Å²) >= 11 is 0. The van der Waals surface area contributed by atoms with Gasteiger partial charge in [-0.05, 0) is 6.92 Å². The number of ether oxygens (including phenoxy) is 1. The summed E-state index contributed by atoms with van der Waals surface area (Å²) in [7, 11) is 0. The molecule has 0 spiro atoms. The maximum Gasteiger partial charge on any atom is 0.507 e. The molecular formula is C6H8BF6O-. The summed E-state index contributed by atoms with van der Waals surface area (Å²) in [6.45, 7) is -3.25. The van der Waals surface area contributed by atoms with Crippen molar-refractivity contribution in [3.8, 4) is 0 Å². The molecule has 0 aliphatic carbocycles. The second kappa shape index (κ2) is 4.25. The molecule has 0 aliphatic heterocycles. The fraction of sp³-hybridized carbons (Fsp3) is 0.667. The highest BCUT2D eigenvalue weighted by atomic mass is 19.4. The van der Waals surface area contributed by atoms with Crippen molar-refractivity contribution in [1.29, 1.82) is 0 Å². The van der Waals surface area contributed by atoms with Crippen LogP contribution in [-0.2, 0) is 4.74 Å². The highest BCUT2D eigenvalue weighted by Gasteiger charge is 2.37. The van der Waals surface area contributed by atoms with Crippen molar-refractivity contribution in [2.24, 2.45) is 0 Å². The molecule has 0 heterocycles. The Kier molecular flexibility index (Phi) is 4.05. The predicted octanol–water partition coefficient (Wildman–Crippen LogP) is 2.90. The first kappa shape index (κ1) is 13.3. The quantitative estimate of drug-likeness (QED) is 0.523. The van der Waals surface area contributed by atoms with Gasteiger partial charge < -0.3 is 17.7 Å².